The summed E-state index contributed by atoms with van der Waals surface area (Å²) in [5, 5.41) is 2.48. The normalized spacial score (nSPS) is 10.9. The number of esters is 1. The molecule has 0 spiro atoms. The summed E-state index contributed by atoms with van der Waals surface area (Å²) in [6, 6.07) is 4.06. The Bertz CT molecular complexity index is 550. The van der Waals surface area contributed by atoms with Gasteiger partial charge in [-0.15, -0.1) is 0 Å². The molecule has 0 saturated heterocycles. The van der Waals surface area contributed by atoms with Crippen molar-refractivity contribution in [1.29, 1.82) is 0 Å². The van der Waals surface area contributed by atoms with Crippen molar-refractivity contribution in [3.63, 3.8) is 0 Å². The van der Waals surface area contributed by atoms with E-state index in [1.54, 1.807) is 25.1 Å². The van der Waals surface area contributed by atoms with Crippen LogP contribution < -0.4 is 5.32 Å². The smallest absolute Gasteiger partial charge is 0.331 e. The first kappa shape index (κ1) is 15.6. The van der Waals surface area contributed by atoms with Gasteiger partial charge in [-0.05, 0) is 31.5 Å². The standard InChI is InChI=1S/C15H16FNO3/c1-3-4-5-6-15(19)20-10-14(18)17-13-9-12(16)8-7-11(13)2/h3-9H,10H2,1-2H3,(H,17,18)/b4-3+,6-5+. The third-order valence-corrected chi connectivity index (χ3v) is 2.36. The first-order valence-corrected chi connectivity index (χ1v) is 6.05. The fourth-order valence-electron chi connectivity index (χ4n) is 1.35. The van der Waals surface area contributed by atoms with Crippen molar-refractivity contribution in [2.75, 3.05) is 11.9 Å². The van der Waals surface area contributed by atoms with Gasteiger partial charge < -0.3 is 10.1 Å². The van der Waals surface area contributed by atoms with Crippen molar-refractivity contribution in [3.05, 3.63) is 53.9 Å². The molecule has 20 heavy (non-hydrogen) atoms. The van der Waals surface area contributed by atoms with E-state index >= 15 is 0 Å². The number of nitrogens with one attached hydrogen (secondary N) is 1. The number of hydrogen-bond donors (Lipinski definition) is 1. The average Bonchev–Trinajstić information content (AvgIpc) is 2.41. The van der Waals surface area contributed by atoms with E-state index in [-0.39, 0.29) is 0 Å². The minimum absolute atomic E-state index is 0.357. The summed E-state index contributed by atoms with van der Waals surface area (Å²) >= 11 is 0. The topological polar surface area (TPSA) is 55.4 Å². The van der Waals surface area contributed by atoms with E-state index in [0.29, 0.717) is 5.69 Å². The van der Waals surface area contributed by atoms with Crippen LogP contribution in [-0.2, 0) is 14.3 Å². The molecule has 0 radical (unpaired) electrons. The molecular formula is C15H16FNO3. The third-order valence-electron chi connectivity index (χ3n) is 2.36. The van der Waals surface area contributed by atoms with Gasteiger partial charge in [0, 0.05) is 11.8 Å². The molecule has 0 unspecified atom stereocenters. The van der Waals surface area contributed by atoms with Crippen LogP contribution in [0.15, 0.2) is 42.5 Å². The average molecular weight is 277 g/mol. The van der Waals surface area contributed by atoms with E-state index in [0.717, 1.165) is 5.56 Å². The van der Waals surface area contributed by atoms with E-state index in [1.807, 2.05) is 6.92 Å². The lowest BCUT2D eigenvalue weighted by atomic mass is 10.2. The van der Waals surface area contributed by atoms with Crippen LogP contribution in [0.25, 0.3) is 0 Å². The molecule has 0 aliphatic rings. The van der Waals surface area contributed by atoms with Crippen molar-refractivity contribution in [3.8, 4) is 0 Å². The Labute approximate surface area is 116 Å². The molecule has 0 fully saturated rings. The lowest BCUT2D eigenvalue weighted by Crippen LogP contribution is -2.20. The number of allylic oxidation sites excluding steroid dienone is 3. The minimum atomic E-state index is -0.616. The highest BCUT2D eigenvalue weighted by atomic mass is 19.1. The summed E-state index contributed by atoms with van der Waals surface area (Å²) in [6.45, 7) is 3.13. The monoisotopic (exact) mass is 277 g/mol. The summed E-state index contributed by atoms with van der Waals surface area (Å²) in [6.07, 6.45) is 6.14. The lowest BCUT2D eigenvalue weighted by Gasteiger charge is -2.08. The highest BCUT2D eigenvalue weighted by Crippen LogP contribution is 2.15. The van der Waals surface area contributed by atoms with Gasteiger partial charge in [0.2, 0.25) is 0 Å². The number of carbonyl (C=O) groups excluding carboxylic acids is 2. The van der Waals surface area contributed by atoms with Crippen molar-refractivity contribution < 1.29 is 18.7 Å². The number of aryl methyl sites for hydroxylation is 1. The number of ether oxygens (including phenoxy) is 1. The first-order chi connectivity index (χ1) is 9.52. The minimum Gasteiger partial charge on any atom is -0.452 e. The van der Waals surface area contributed by atoms with Crippen LogP contribution in [0.1, 0.15) is 12.5 Å². The highest BCUT2D eigenvalue weighted by molar-refractivity contribution is 5.94. The Kier molecular flexibility index (Phi) is 6.16. The number of hydrogen-bond acceptors (Lipinski definition) is 3. The fourth-order valence-corrected chi connectivity index (χ4v) is 1.35. The number of rotatable bonds is 5. The molecule has 0 bridgehead atoms. The van der Waals surface area contributed by atoms with Gasteiger partial charge in [-0.3, -0.25) is 4.79 Å². The van der Waals surface area contributed by atoms with Gasteiger partial charge in [0.05, 0.1) is 0 Å². The van der Waals surface area contributed by atoms with Crippen LogP contribution in [0, 0.1) is 12.7 Å². The molecule has 0 aliphatic heterocycles. The van der Waals surface area contributed by atoms with Crippen LogP contribution in [0.4, 0.5) is 10.1 Å². The molecule has 1 N–H and O–H groups in total. The highest BCUT2D eigenvalue weighted by Gasteiger charge is 2.08. The summed E-state index contributed by atoms with van der Waals surface area (Å²) in [7, 11) is 0. The molecule has 4 nitrogen and oxygen atoms in total. The van der Waals surface area contributed by atoms with E-state index in [4.69, 9.17) is 4.74 Å². The number of halogens is 1. The molecule has 0 saturated carbocycles. The van der Waals surface area contributed by atoms with Gasteiger partial charge in [-0.25, -0.2) is 9.18 Å². The Balaban J connectivity index is 2.48. The SMILES string of the molecule is C/C=C/C=C/C(=O)OCC(=O)Nc1cc(F)ccc1C. The molecule has 1 aromatic carbocycles. The Hall–Kier alpha value is -2.43. The Morgan fingerprint density at radius 1 is 1.35 bits per heavy atom. The van der Waals surface area contributed by atoms with Gasteiger partial charge in [-0.2, -0.15) is 0 Å². The molecule has 1 amide bonds. The number of amides is 1. The van der Waals surface area contributed by atoms with E-state index in [1.165, 1.54) is 24.3 Å². The largest absolute Gasteiger partial charge is 0.452 e. The second-order valence-corrected chi connectivity index (χ2v) is 4.00. The van der Waals surface area contributed by atoms with Crippen LogP contribution in [0.3, 0.4) is 0 Å². The van der Waals surface area contributed by atoms with Gasteiger partial charge in [0.25, 0.3) is 5.91 Å². The van der Waals surface area contributed by atoms with Crippen molar-refractivity contribution >= 4 is 17.6 Å². The first-order valence-electron chi connectivity index (χ1n) is 6.05. The number of benzene rings is 1. The summed E-state index contributed by atoms with van der Waals surface area (Å²) in [5.41, 5.74) is 1.08. The molecule has 106 valence electrons. The fraction of sp³-hybridized carbons (Fsp3) is 0.200. The van der Waals surface area contributed by atoms with Gasteiger partial charge in [0.1, 0.15) is 5.82 Å². The predicted molar refractivity (Wildman–Crippen MR) is 74.7 cm³/mol. The van der Waals surface area contributed by atoms with Crippen molar-refractivity contribution in [2.24, 2.45) is 0 Å². The number of anilines is 1. The molecular weight excluding hydrogens is 261 g/mol. The zero-order valence-electron chi connectivity index (χ0n) is 11.4. The van der Waals surface area contributed by atoms with Crippen LogP contribution in [-0.4, -0.2) is 18.5 Å². The van der Waals surface area contributed by atoms with Crippen molar-refractivity contribution in [2.45, 2.75) is 13.8 Å². The molecule has 1 rings (SSSR count). The Morgan fingerprint density at radius 2 is 2.10 bits per heavy atom. The molecule has 0 aliphatic carbocycles. The van der Waals surface area contributed by atoms with E-state index in [9.17, 15) is 14.0 Å². The summed E-state index contributed by atoms with van der Waals surface area (Å²) in [5.74, 6) is -1.59. The third kappa shape index (κ3) is 5.48. The zero-order chi connectivity index (χ0) is 15.0. The summed E-state index contributed by atoms with van der Waals surface area (Å²) < 4.78 is 17.8. The Morgan fingerprint density at radius 3 is 2.80 bits per heavy atom. The van der Waals surface area contributed by atoms with E-state index < -0.39 is 24.3 Å². The zero-order valence-corrected chi connectivity index (χ0v) is 11.4. The molecule has 0 heterocycles. The second kappa shape index (κ2) is 7.89. The second-order valence-electron chi connectivity index (χ2n) is 4.00. The maximum atomic E-state index is 13.0. The maximum absolute atomic E-state index is 13.0. The molecule has 0 aromatic heterocycles. The quantitative estimate of drug-likeness (QED) is 0.511. The molecule has 0 atom stereocenters. The van der Waals surface area contributed by atoms with Crippen molar-refractivity contribution in [1.82, 2.24) is 0 Å². The van der Waals surface area contributed by atoms with Crippen LogP contribution in [0.5, 0.6) is 0 Å². The molecule has 5 heteroatoms. The van der Waals surface area contributed by atoms with Gasteiger partial charge in [-0.1, -0.05) is 24.3 Å². The van der Waals surface area contributed by atoms with Crippen LogP contribution in [0.2, 0.25) is 0 Å². The van der Waals surface area contributed by atoms with Gasteiger partial charge in [0.15, 0.2) is 6.61 Å². The van der Waals surface area contributed by atoms with E-state index in [2.05, 4.69) is 5.32 Å². The maximum Gasteiger partial charge on any atom is 0.331 e. The predicted octanol–water partition coefficient (Wildman–Crippen LogP) is 2.75. The lowest BCUT2D eigenvalue weighted by molar-refractivity contribution is -0.142. The van der Waals surface area contributed by atoms with Crippen LogP contribution >= 0.6 is 0 Å². The summed E-state index contributed by atoms with van der Waals surface area (Å²) in [4.78, 5) is 22.8. The molecule has 1 aromatic rings. The van der Waals surface area contributed by atoms with Gasteiger partial charge >= 0.3 is 5.97 Å². The number of carbonyl (C=O) groups is 2.